The molecule has 3 heteroatoms. The Morgan fingerprint density at radius 3 is 2.20 bits per heavy atom. The molecule has 1 fully saturated rings. The van der Waals surface area contributed by atoms with Crippen molar-refractivity contribution in [1.29, 1.82) is 0 Å². The first kappa shape index (κ1) is 12.8. The van der Waals surface area contributed by atoms with E-state index in [9.17, 15) is 0 Å². The Morgan fingerprint density at radius 2 is 1.67 bits per heavy atom. The lowest BCUT2D eigenvalue weighted by atomic mass is 9.93. The summed E-state index contributed by atoms with van der Waals surface area (Å²) in [5.41, 5.74) is 7.43. The summed E-state index contributed by atoms with van der Waals surface area (Å²) in [6.45, 7) is 0. The summed E-state index contributed by atoms with van der Waals surface area (Å²) < 4.78 is 0. The molecule has 2 N–H and O–H groups in total. The normalized spacial score (nSPS) is 18.5. The maximum absolute atomic E-state index is 6.21. The molecule has 0 aliphatic heterocycles. The first-order chi connectivity index (χ1) is 6.77. The largest absolute Gasteiger partial charge is 0.324 e. The van der Waals surface area contributed by atoms with Crippen molar-refractivity contribution in [1.82, 2.24) is 0 Å². The van der Waals surface area contributed by atoms with Gasteiger partial charge in [0.1, 0.15) is 0 Å². The van der Waals surface area contributed by atoms with E-state index < -0.39 is 0 Å². The van der Waals surface area contributed by atoms with E-state index in [1.807, 2.05) is 24.3 Å². The van der Waals surface area contributed by atoms with Gasteiger partial charge in [-0.2, -0.15) is 0 Å². The van der Waals surface area contributed by atoms with E-state index in [1.165, 1.54) is 31.2 Å². The first-order valence-corrected chi connectivity index (χ1v) is 5.66. The molecule has 1 aromatic carbocycles. The summed E-state index contributed by atoms with van der Waals surface area (Å²) in [4.78, 5) is 0. The Bertz CT molecular complexity index is 291. The highest BCUT2D eigenvalue weighted by Crippen LogP contribution is 2.34. The SMILES string of the molecule is Cl.NC(c1ccc(Cl)cc1)C1CCCC1. The lowest BCUT2D eigenvalue weighted by molar-refractivity contribution is 0.445. The van der Waals surface area contributed by atoms with Crippen molar-refractivity contribution in [3.05, 3.63) is 34.9 Å². The number of hydrogen-bond acceptors (Lipinski definition) is 1. The molecule has 2 rings (SSSR count). The molecule has 0 heterocycles. The topological polar surface area (TPSA) is 26.0 Å². The van der Waals surface area contributed by atoms with Gasteiger partial charge in [-0.15, -0.1) is 12.4 Å². The van der Waals surface area contributed by atoms with E-state index in [2.05, 4.69) is 0 Å². The smallest absolute Gasteiger partial charge is 0.0406 e. The Balaban J connectivity index is 0.00000112. The Labute approximate surface area is 102 Å². The highest BCUT2D eigenvalue weighted by atomic mass is 35.5. The van der Waals surface area contributed by atoms with Crippen LogP contribution >= 0.6 is 24.0 Å². The predicted octanol–water partition coefficient (Wildman–Crippen LogP) is 3.95. The van der Waals surface area contributed by atoms with Crippen LogP contribution in [0.4, 0.5) is 0 Å². The van der Waals surface area contributed by atoms with Gasteiger partial charge in [0.05, 0.1) is 0 Å². The van der Waals surface area contributed by atoms with Gasteiger partial charge in [0.2, 0.25) is 0 Å². The van der Waals surface area contributed by atoms with Crippen LogP contribution < -0.4 is 5.73 Å². The highest BCUT2D eigenvalue weighted by molar-refractivity contribution is 6.30. The zero-order chi connectivity index (χ0) is 9.97. The minimum Gasteiger partial charge on any atom is -0.324 e. The molecule has 1 unspecified atom stereocenters. The van der Waals surface area contributed by atoms with Gasteiger partial charge in [0, 0.05) is 11.1 Å². The van der Waals surface area contributed by atoms with Crippen LogP contribution in [0.3, 0.4) is 0 Å². The van der Waals surface area contributed by atoms with Crippen LogP contribution in [0.1, 0.15) is 37.3 Å². The molecule has 1 aromatic rings. The molecule has 0 radical (unpaired) electrons. The second-order valence-corrected chi connectivity index (χ2v) is 4.56. The van der Waals surface area contributed by atoms with E-state index in [0.717, 1.165) is 5.02 Å². The molecule has 0 spiro atoms. The molecule has 15 heavy (non-hydrogen) atoms. The van der Waals surface area contributed by atoms with Crippen molar-refractivity contribution >= 4 is 24.0 Å². The Kier molecular flexibility index (Phi) is 4.91. The van der Waals surface area contributed by atoms with Crippen molar-refractivity contribution in [2.24, 2.45) is 11.7 Å². The summed E-state index contributed by atoms with van der Waals surface area (Å²) in [6.07, 6.45) is 5.24. The Morgan fingerprint density at radius 1 is 1.13 bits per heavy atom. The standard InChI is InChI=1S/C12H16ClN.ClH/c13-11-7-5-10(6-8-11)12(14)9-3-1-2-4-9;/h5-9,12H,1-4,14H2;1H. The van der Waals surface area contributed by atoms with Crippen LogP contribution in [-0.4, -0.2) is 0 Å². The van der Waals surface area contributed by atoms with Crippen molar-refractivity contribution < 1.29 is 0 Å². The van der Waals surface area contributed by atoms with Gasteiger partial charge in [-0.05, 0) is 36.5 Å². The van der Waals surface area contributed by atoms with Crippen molar-refractivity contribution in [3.8, 4) is 0 Å². The Hall–Kier alpha value is -0.240. The van der Waals surface area contributed by atoms with Crippen molar-refractivity contribution in [2.75, 3.05) is 0 Å². The van der Waals surface area contributed by atoms with Gasteiger partial charge in [-0.25, -0.2) is 0 Å². The molecule has 0 saturated heterocycles. The first-order valence-electron chi connectivity index (χ1n) is 5.28. The zero-order valence-electron chi connectivity index (χ0n) is 8.66. The molecule has 1 saturated carbocycles. The summed E-state index contributed by atoms with van der Waals surface area (Å²) in [5.74, 6) is 0.677. The minimum absolute atomic E-state index is 0. The second kappa shape index (κ2) is 5.74. The lowest BCUT2D eigenvalue weighted by Crippen LogP contribution is -2.18. The number of halogens is 2. The molecular weight excluding hydrogens is 229 g/mol. The van der Waals surface area contributed by atoms with Crippen LogP contribution in [0.5, 0.6) is 0 Å². The fourth-order valence-electron chi connectivity index (χ4n) is 2.27. The minimum atomic E-state index is 0. The van der Waals surface area contributed by atoms with Crippen LogP contribution in [0.2, 0.25) is 5.02 Å². The van der Waals surface area contributed by atoms with Crippen LogP contribution in [0.15, 0.2) is 24.3 Å². The van der Waals surface area contributed by atoms with E-state index >= 15 is 0 Å². The quantitative estimate of drug-likeness (QED) is 0.839. The van der Waals surface area contributed by atoms with Gasteiger partial charge >= 0.3 is 0 Å². The molecule has 0 aromatic heterocycles. The maximum Gasteiger partial charge on any atom is 0.0406 e. The summed E-state index contributed by atoms with van der Waals surface area (Å²) in [5, 5.41) is 0.785. The van der Waals surface area contributed by atoms with Crippen molar-refractivity contribution in [2.45, 2.75) is 31.7 Å². The number of hydrogen-bond donors (Lipinski definition) is 1. The average Bonchev–Trinajstić information content (AvgIpc) is 2.71. The third kappa shape index (κ3) is 3.10. The molecule has 1 atom stereocenters. The molecule has 84 valence electrons. The van der Waals surface area contributed by atoms with E-state index in [4.69, 9.17) is 17.3 Å². The lowest BCUT2D eigenvalue weighted by Gasteiger charge is -2.19. The fourth-order valence-corrected chi connectivity index (χ4v) is 2.40. The molecule has 1 nitrogen and oxygen atoms in total. The molecule has 0 bridgehead atoms. The maximum atomic E-state index is 6.21. The highest BCUT2D eigenvalue weighted by Gasteiger charge is 2.22. The van der Waals surface area contributed by atoms with E-state index in [1.54, 1.807) is 0 Å². The van der Waals surface area contributed by atoms with Gasteiger partial charge < -0.3 is 5.73 Å². The van der Waals surface area contributed by atoms with Crippen LogP contribution in [0, 0.1) is 5.92 Å². The number of nitrogens with two attached hydrogens (primary N) is 1. The number of benzene rings is 1. The predicted molar refractivity (Wildman–Crippen MR) is 67.6 cm³/mol. The fraction of sp³-hybridized carbons (Fsp3) is 0.500. The summed E-state index contributed by atoms with van der Waals surface area (Å²) >= 11 is 5.84. The van der Waals surface area contributed by atoms with Gasteiger partial charge in [0.15, 0.2) is 0 Å². The van der Waals surface area contributed by atoms with Gasteiger partial charge in [-0.3, -0.25) is 0 Å². The van der Waals surface area contributed by atoms with Crippen molar-refractivity contribution in [3.63, 3.8) is 0 Å². The van der Waals surface area contributed by atoms with Crippen LogP contribution in [0.25, 0.3) is 0 Å². The molecule has 1 aliphatic carbocycles. The molecule has 1 aliphatic rings. The number of rotatable bonds is 2. The zero-order valence-corrected chi connectivity index (χ0v) is 10.2. The summed E-state index contributed by atoms with van der Waals surface area (Å²) in [6, 6.07) is 8.14. The molecule has 0 amide bonds. The monoisotopic (exact) mass is 245 g/mol. The van der Waals surface area contributed by atoms with Crippen LogP contribution in [-0.2, 0) is 0 Å². The van der Waals surface area contributed by atoms with Gasteiger partial charge in [-0.1, -0.05) is 36.6 Å². The summed E-state index contributed by atoms with van der Waals surface area (Å²) in [7, 11) is 0. The van der Waals surface area contributed by atoms with E-state index in [0.29, 0.717) is 5.92 Å². The van der Waals surface area contributed by atoms with Gasteiger partial charge in [0.25, 0.3) is 0 Å². The third-order valence-electron chi connectivity index (χ3n) is 3.16. The second-order valence-electron chi connectivity index (χ2n) is 4.12. The average molecular weight is 246 g/mol. The van der Waals surface area contributed by atoms with E-state index in [-0.39, 0.29) is 18.4 Å². The third-order valence-corrected chi connectivity index (χ3v) is 3.41. The molecular formula is C12H17Cl2N.